The molecule has 1 N–H and O–H groups in total. The number of ether oxygens (including phenoxy) is 1. The number of nitrogens with one attached hydrogen (secondary N) is 1. The molecule has 5 nitrogen and oxygen atoms in total. The van der Waals surface area contributed by atoms with E-state index in [0.717, 1.165) is 27.8 Å². The van der Waals surface area contributed by atoms with Gasteiger partial charge in [0, 0.05) is 22.2 Å². The zero-order valence-electron chi connectivity index (χ0n) is 17.4. The number of hydrogen-bond acceptors (Lipinski definition) is 4. The van der Waals surface area contributed by atoms with Crippen molar-refractivity contribution in [2.75, 3.05) is 12.4 Å². The van der Waals surface area contributed by atoms with Crippen molar-refractivity contribution in [3.63, 3.8) is 0 Å². The number of anilines is 1. The van der Waals surface area contributed by atoms with Gasteiger partial charge in [0.05, 0.1) is 18.9 Å². The van der Waals surface area contributed by atoms with Gasteiger partial charge in [0.25, 0.3) is 5.91 Å². The van der Waals surface area contributed by atoms with Crippen LogP contribution in [0.1, 0.15) is 10.4 Å². The Hall–Kier alpha value is -4.38. The lowest BCUT2D eigenvalue weighted by molar-refractivity contribution is 0.102. The molecule has 1 amide bonds. The maximum Gasteiger partial charge on any atom is 0.256 e. The first-order chi connectivity index (χ1) is 15.7. The van der Waals surface area contributed by atoms with Gasteiger partial charge in [-0.3, -0.25) is 4.79 Å². The van der Waals surface area contributed by atoms with Gasteiger partial charge in [0.1, 0.15) is 5.75 Å². The number of aromatic nitrogens is 1. The van der Waals surface area contributed by atoms with E-state index >= 15 is 0 Å². The first-order valence-electron chi connectivity index (χ1n) is 10.2. The fourth-order valence-electron chi connectivity index (χ4n) is 3.70. The van der Waals surface area contributed by atoms with Crippen LogP contribution in [0.15, 0.2) is 102 Å². The molecule has 1 aromatic heterocycles. The van der Waals surface area contributed by atoms with Gasteiger partial charge in [0.15, 0.2) is 5.76 Å². The second kappa shape index (κ2) is 8.40. The van der Waals surface area contributed by atoms with Crippen molar-refractivity contribution in [2.45, 2.75) is 0 Å². The number of rotatable bonds is 5. The Balaban J connectivity index is 1.48. The van der Waals surface area contributed by atoms with E-state index in [1.165, 1.54) is 0 Å². The Labute approximate surface area is 185 Å². The molecule has 0 saturated carbocycles. The fraction of sp³-hybridized carbons (Fsp3) is 0.0370. The maximum atomic E-state index is 13.2. The summed E-state index contributed by atoms with van der Waals surface area (Å²) in [6, 6.07) is 28.6. The average Bonchev–Trinajstić information content (AvgIpc) is 3.35. The van der Waals surface area contributed by atoms with Crippen LogP contribution in [-0.2, 0) is 0 Å². The molecule has 4 aromatic carbocycles. The van der Waals surface area contributed by atoms with Crippen molar-refractivity contribution in [1.29, 1.82) is 0 Å². The van der Waals surface area contributed by atoms with Gasteiger partial charge in [-0.2, -0.15) is 0 Å². The van der Waals surface area contributed by atoms with E-state index in [2.05, 4.69) is 10.3 Å². The Bertz CT molecular complexity index is 1420. The number of amides is 1. The van der Waals surface area contributed by atoms with Gasteiger partial charge in [0.2, 0.25) is 5.89 Å². The summed E-state index contributed by atoms with van der Waals surface area (Å²) in [5.41, 5.74) is 2.71. The molecule has 5 rings (SSSR count). The molecule has 32 heavy (non-hydrogen) atoms. The largest absolute Gasteiger partial charge is 0.497 e. The van der Waals surface area contributed by atoms with Crippen molar-refractivity contribution in [1.82, 2.24) is 4.98 Å². The molecule has 0 aliphatic rings. The van der Waals surface area contributed by atoms with Gasteiger partial charge < -0.3 is 14.5 Å². The van der Waals surface area contributed by atoms with Crippen LogP contribution < -0.4 is 10.1 Å². The predicted molar refractivity (Wildman–Crippen MR) is 126 cm³/mol. The molecular formula is C27H20N2O3. The van der Waals surface area contributed by atoms with E-state index in [9.17, 15) is 4.79 Å². The van der Waals surface area contributed by atoms with E-state index in [-0.39, 0.29) is 5.91 Å². The van der Waals surface area contributed by atoms with Gasteiger partial charge in [-0.25, -0.2) is 4.98 Å². The lowest BCUT2D eigenvalue weighted by Gasteiger charge is -2.10. The van der Waals surface area contributed by atoms with Crippen LogP contribution >= 0.6 is 0 Å². The number of methoxy groups -OCH3 is 1. The third-order valence-corrected chi connectivity index (χ3v) is 5.30. The van der Waals surface area contributed by atoms with Gasteiger partial charge in [-0.15, -0.1) is 0 Å². The van der Waals surface area contributed by atoms with Crippen molar-refractivity contribution < 1.29 is 13.9 Å². The summed E-state index contributed by atoms with van der Waals surface area (Å²) >= 11 is 0. The Morgan fingerprint density at radius 1 is 0.906 bits per heavy atom. The molecule has 0 bridgehead atoms. The molecule has 0 radical (unpaired) electrons. The van der Waals surface area contributed by atoms with Crippen molar-refractivity contribution >= 4 is 22.4 Å². The van der Waals surface area contributed by atoms with Crippen LogP contribution in [0.2, 0.25) is 0 Å². The zero-order valence-corrected chi connectivity index (χ0v) is 17.4. The maximum absolute atomic E-state index is 13.2. The zero-order chi connectivity index (χ0) is 21.9. The minimum atomic E-state index is -0.224. The molecule has 0 aliphatic heterocycles. The van der Waals surface area contributed by atoms with E-state index < -0.39 is 0 Å². The standard InChI is InChI=1S/C27H20N2O3/c1-31-20-11-6-10-19(16-20)25-17-28-27(32-25)23-14-5-4-13-22(23)26(30)29-24-15-7-9-18-8-2-3-12-21(18)24/h2-17H,1H3,(H,29,30). The summed E-state index contributed by atoms with van der Waals surface area (Å²) in [6.07, 6.45) is 1.66. The molecule has 0 fully saturated rings. The second-order valence-corrected chi connectivity index (χ2v) is 7.29. The van der Waals surface area contributed by atoms with E-state index in [4.69, 9.17) is 9.15 Å². The summed E-state index contributed by atoms with van der Waals surface area (Å²) < 4.78 is 11.3. The number of carbonyl (C=O) groups is 1. The summed E-state index contributed by atoms with van der Waals surface area (Å²) in [4.78, 5) is 17.6. The van der Waals surface area contributed by atoms with Crippen LogP contribution in [0.5, 0.6) is 5.75 Å². The van der Waals surface area contributed by atoms with Crippen LogP contribution in [0.25, 0.3) is 33.6 Å². The third-order valence-electron chi connectivity index (χ3n) is 5.30. The summed E-state index contributed by atoms with van der Waals surface area (Å²) in [7, 11) is 1.62. The molecule has 0 aliphatic carbocycles. The minimum absolute atomic E-state index is 0.224. The van der Waals surface area contributed by atoms with Crippen LogP contribution in [-0.4, -0.2) is 18.0 Å². The molecule has 0 saturated heterocycles. The number of nitrogens with zero attached hydrogens (tertiary/aromatic N) is 1. The number of oxazole rings is 1. The molecule has 156 valence electrons. The number of carbonyl (C=O) groups excluding carboxylic acids is 1. The molecule has 0 atom stereocenters. The SMILES string of the molecule is COc1cccc(-c2cnc(-c3ccccc3C(=O)Nc3cccc4ccccc34)o2)c1. The molecular weight excluding hydrogens is 400 g/mol. The summed E-state index contributed by atoms with van der Waals surface area (Å²) in [5.74, 6) is 1.49. The molecule has 1 heterocycles. The fourth-order valence-corrected chi connectivity index (χ4v) is 3.70. The molecule has 5 aromatic rings. The van der Waals surface area contributed by atoms with E-state index in [1.807, 2.05) is 84.9 Å². The van der Waals surface area contributed by atoms with Crippen molar-refractivity contribution in [3.05, 3.63) is 103 Å². The van der Waals surface area contributed by atoms with Gasteiger partial charge in [-0.1, -0.05) is 60.7 Å². The minimum Gasteiger partial charge on any atom is -0.497 e. The number of hydrogen-bond donors (Lipinski definition) is 1. The smallest absolute Gasteiger partial charge is 0.256 e. The third kappa shape index (κ3) is 3.72. The van der Waals surface area contributed by atoms with E-state index in [1.54, 1.807) is 19.4 Å². The number of benzene rings is 4. The first-order valence-corrected chi connectivity index (χ1v) is 10.2. The highest BCUT2D eigenvalue weighted by atomic mass is 16.5. The summed E-state index contributed by atoms with van der Waals surface area (Å²) in [6.45, 7) is 0. The normalized spacial score (nSPS) is 10.8. The Morgan fingerprint density at radius 3 is 2.59 bits per heavy atom. The highest BCUT2D eigenvalue weighted by Crippen LogP contribution is 2.31. The van der Waals surface area contributed by atoms with E-state index in [0.29, 0.717) is 22.8 Å². The first kappa shape index (κ1) is 19.6. The van der Waals surface area contributed by atoms with Gasteiger partial charge in [-0.05, 0) is 35.7 Å². The monoisotopic (exact) mass is 420 g/mol. The quantitative estimate of drug-likeness (QED) is 0.356. The van der Waals surface area contributed by atoms with Gasteiger partial charge >= 0.3 is 0 Å². The van der Waals surface area contributed by atoms with Crippen molar-refractivity contribution in [3.8, 4) is 28.5 Å². The van der Waals surface area contributed by atoms with Crippen LogP contribution in [0.4, 0.5) is 5.69 Å². The Kier molecular flexibility index (Phi) is 5.14. The average molecular weight is 420 g/mol. The van der Waals surface area contributed by atoms with Crippen LogP contribution in [0.3, 0.4) is 0 Å². The van der Waals surface area contributed by atoms with Crippen LogP contribution in [0, 0.1) is 0 Å². The highest BCUT2D eigenvalue weighted by Gasteiger charge is 2.18. The predicted octanol–water partition coefficient (Wildman–Crippen LogP) is 6.42. The molecule has 0 spiro atoms. The summed E-state index contributed by atoms with van der Waals surface area (Å²) in [5, 5.41) is 5.09. The molecule has 0 unspecified atom stereocenters. The lowest BCUT2D eigenvalue weighted by atomic mass is 10.1. The second-order valence-electron chi connectivity index (χ2n) is 7.29. The lowest BCUT2D eigenvalue weighted by Crippen LogP contribution is -2.13. The molecule has 5 heteroatoms. The topological polar surface area (TPSA) is 64.4 Å². The van der Waals surface area contributed by atoms with Crippen molar-refractivity contribution in [2.24, 2.45) is 0 Å². The Morgan fingerprint density at radius 2 is 1.69 bits per heavy atom. The highest BCUT2D eigenvalue weighted by molar-refractivity contribution is 6.11. The number of fused-ring (bicyclic) bond motifs is 1.